The first-order valence-electron chi connectivity index (χ1n) is 5.81. The van der Waals surface area contributed by atoms with Crippen LogP contribution in [0.2, 0.25) is 0 Å². The maximum absolute atomic E-state index is 12.0. The fourth-order valence-corrected chi connectivity index (χ4v) is 1.78. The summed E-state index contributed by atoms with van der Waals surface area (Å²) in [7, 11) is 3.93. The van der Waals surface area contributed by atoms with Crippen molar-refractivity contribution in [2.45, 2.75) is 0 Å². The molecule has 0 aliphatic heterocycles. The molecule has 92 valence electrons. The monoisotopic (exact) mass is 240 g/mol. The molecule has 0 saturated carbocycles. The van der Waals surface area contributed by atoms with Crippen molar-refractivity contribution >= 4 is 17.6 Å². The van der Waals surface area contributed by atoms with E-state index in [1.807, 2.05) is 61.5 Å². The summed E-state index contributed by atoms with van der Waals surface area (Å²) in [5.41, 5.74) is 2.56. The molecule has 18 heavy (non-hydrogen) atoms. The molecule has 0 bridgehead atoms. The van der Waals surface area contributed by atoms with Gasteiger partial charge in [0.05, 0.1) is 5.56 Å². The first-order valence-corrected chi connectivity index (χ1v) is 5.81. The van der Waals surface area contributed by atoms with Gasteiger partial charge in [-0.15, -0.1) is 0 Å². The second kappa shape index (κ2) is 5.36. The van der Waals surface area contributed by atoms with Crippen molar-refractivity contribution in [2.24, 2.45) is 0 Å². The fourth-order valence-electron chi connectivity index (χ4n) is 1.78. The van der Waals surface area contributed by atoms with Gasteiger partial charge >= 0.3 is 0 Å². The van der Waals surface area contributed by atoms with Gasteiger partial charge in [-0.05, 0) is 12.1 Å². The van der Waals surface area contributed by atoms with Crippen molar-refractivity contribution in [2.75, 3.05) is 19.0 Å². The molecule has 0 spiro atoms. The van der Waals surface area contributed by atoms with Crippen molar-refractivity contribution in [1.29, 1.82) is 0 Å². The van der Waals surface area contributed by atoms with Gasteiger partial charge in [-0.25, -0.2) is 0 Å². The topological polar surface area (TPSA) is 29.3 Å². The summed E-state index contributed by atoms with van der Waals surface area (Å²) < 4.78 is 0.891. The summed E-state index contributed by atoms with van der Waals surface area (Å²) in [6, 6.07) is 17.0. The number of para-hydroxylation sites is 2. The Morgan fingerprint density at radius 2 is 1.56 bits per heavy atom. The molecule has 0 atom stereocenters. The number of anilines is 1. The molecule has 2 aromatic carbocycles. The van der Waals surface area contributed by atoms with Crippen LogP contribution in [0, 0.1) is 5.21 Å². The van der Waals surface area contributed by atoms with Crippen molar-refractivity contribution in [3.8, 4) is 0 Å². The highest BCUT2D eigenvalue weighted by Crippen LogP contribution is 2.17. The lowest BCUT2D eigenvalue weighted by Gasteiger charge is -2.14. The molecular formula is C15H16N2O. The summed E-state index contributed by atoms with van der Waals surface area (Å²) in [6.45, 7) is 0. The predicted molar refractivity (Wildman–Crippen MR) is 75.7 cm³/mol. The van der Waals surface area contributed by atoms with Crippen LogP contribution in [-0.4, -0.2) is 25.0 Å². The number of nitrogens with zero attached hydrogens (tertiary/aromatic N) is 2. The lowest BCUT2D eigenvalue weighted by Crippen LogP contribution is -2.12. The highest BCUT2D eigenvalue weighted by molar-refractivity contribution is 5.85. The van der Waals surface area contributed by atoms with E-state index in [0.717, 1.165) is 16.0 Å². The van der Waals surface area contributed by atoms with Crippen molar-refractivity contribution in [3.05, 3.63) is 65.4 Å². The minimum absolute atomic E-state index is 0.631. The second-order valence-corrected chi connectivity index (χ2v) is 4.24. The number of benzene rings is 2. The lowest BCUT2D eigenvalue weighted by atomic mass is 10.2. The normalized spacial score (nSPS) is 11.3. The molecule has 0 saturated heterocycles. The summed E-state index contributed by atoms with van der Waals surface area (Å²) >= 11 is 0. The van der Waals surface area contributed by atoms with Crippen LogP contribution in [0.15, 0.2) is 54.6 Å². The Bertz CT molecular complexity index is 547. The molecule has 0 fully saturated rings. The van der Waals surface area contributed by atoms with E-state index in [2.05, 4.69) is 0 Å². The van der Waals surface area contributed by atoms with Crippen LogP contribution >= 0.6 is 0 Å². The van der Waals surface area contributed by atoms with Gasteiger partial charge in [0.25, 0.3) is 0 Å². The Hall–Kier alpha value is -2.29. The Morgan fingerprint density at radius 1 is 0.944 bits per heavy atom. The van der Waals surface area contributed by atoms with Gasteiger partial charge in [-0.1, -0.05) is 30.3 Å². The lowest BCUT2D eigenvalue weighted by molar-refractivity contribution is -0.354. The number of hydrogen-bond donors (Lipinski definition) is 0. The van der Waals surface area contributed by atoms with Crippen LogP contribution in [0.1, 0.15) is 5.56 Å². The summed E-state index contributed by atoms with van der Waals surface area (Å²) in [6.07, 6.45) is 1.60. The minimum atomic E-state index is 0.631. The molecule has 0 unspecified atom stereocenters. The molecule has 0 aromatic heterocycles. The maximum Gasteiger partial charge on any atom is 0.216 e. The molecule has 2 aromatic rings. The summed E-state index contributed by atoms with van der Waals surface area (Å²) in [4.78, 5) is 1.99. The zero-order valence-electron chi connectivity index (χ0n) is 10.6. The van der Waals surface area contributed by atoms with Crippen molar-refractivity contribution in [1.82, 2.24) is 0 Å². The van der Waals surface area contributed by atoms with Gasteiger partial charge in [0, 0.05) is 31.9 Å². The van der Waals surface area contributed by atoms with Gasteiger partial charge in [0.1, 0.15) is 0 Å². The third-order valence-electron chi connectivity index (χ3n) is 2.69. The zero-order chi connectivity index (χ0) is 13.0. The molecule has 3 heteroatoms. The Kier molecular flexibility index (Phi) is 3.63. The predicted octanol–water partition coefficient (Wildman–Crippen LogP) is 3.01. The SMILES string of the molecule is CN(C)c1ccccc1C=[N+]([O-])c1ccccc1. The van der Waals surface area contributed by atoms with E-state index in [9.17, 15) is 5.21 Å². The van der Waals surface area contributed by atoms with Gasteiger partial charge in [0.15, 0.2) is 6.21 Å². The Labute approximate surface area is 107 Å². The van der Waals surface area contributed by atoms with E-state index in [0.29, 0.717) is 5.69 Å². The quantitative estimate of drug-likeness (QED) is 0.357. The van der Waals surface area contributed by atoms with Gasteiger partial charge < -0.3 is 10.1 Å². The van der Waals surface area contributed by atoms with Crippen molar-refractivity contribution in [3.63, 3.8) is 0 Å². The number of hydrogen-bond acceptors (Lipinski definition) is 2. The zero-order valence-corrected chi connectivity index (χ0v) is 10.6. The second-order valence-electron chi connectivity index (χ2n) is 4.24. The van der Waals surface area contributed by atoms with E-state index in [1.165, 1.54) is 0 Å². The van der Waals surface area contributed by atoms with Gasteiger partial charge in [-0.2, -0.15) is 4.74 Å². The van der Waals surface area contributed by atoms with E-state index < -0.39 is 0 Å². The summed E-state index contributed by atoms with van der Waals surface area (Å²) in [5.74, 6) is 0. The van der Waals surface area contributed by atoms with Crippen LogP contribution in [-0.2, 0) is 0 Å². The molecule has 3 nitrogen and oxygen atoms in total. The first-order chi connectivity index (χ1) is 8.68. The molecule has 0 heterocycles. The standard InChI is InChI=1S/C15H16N2O/c1-16(2)15-11-7-6-8-13(15)12-17(18)14-9-4-3-5-10-14/h3-12H,1-2H3. The van der Waals surface area contributed by atoms with Gasteiger partial charge in [-0.3, -0.25) is 0 Å². The van der Waals surface area contributed by atoms with E-state index >= 15 is 0 Å². The average molecular weight is 240 g/mol. The maximum atomic E-state index is 12.0. The molecule has 0 aliphatic rings. The first kappa shape index (κ1) is 12.2. The highest BCUT2D eigenvalue weighted by atomic mass is 16.5. The van der Waals surface area contributed by atoms with Crippen LogP contribution in [0.3, 0.4) is 0 Å². The summed E-state index contributed by atoms with van der Waals surface area (Å²) in [5, 5.41) is 12.0. The Morgan fingerprint density at radius 3 is 2.22 bits per heavy atom. The highest BCUT2D eigenvalue weighted by Gasteiger charge is 2.06. The fraction of sp³-hybridized carbons (Fsp3) is 0.133. The van der Waals surface area contributed by atoms with E-state index in [1.54, 1.807) is 18.3 Å². The van der Waals surface area contributed by atoms with E-state index in [4.69, 9.17) is 0 Å². The molecule has 0 amide bonds. The average Bonchev–Trinajstić information content (AvgIpc) is 2.40. The smallest absolute Gasteiger partial charge is 0.216 e. The third-order valence-corrected chi connectivity index (χ3v) is 2.69. The van der Waals surface area contributed by atoms with Crippen LogP contribution in [0.25, 0.3) is 0 Å². The van der Waals surface area contributed by atoms with Gasteiger partial charge in [0.2, 0.25) is 5.69 Å². The van der Waals surface area contributed by atoms with Crippen LogP contribution in [0.4, 0.5) is 11.4 Å². The molecule has 0 radical (unpaired) electrons. The minimum Gasteiger partial charge on any atom is -0.618 e. The largest absolute Gasteiger partial charge is 0.618 e. The molecule has 2 rings (SSSR count). The molecular weight excluding hydrogens is 224 g/mol. The molecule has 0 N–H and O–H groups in total. The van der Waals surface area contributed by atoms with Crippen LogP contribution < -0.4 is 4.90 Å². The van der Waals surface area contributed by atoms with Crippen LogP contribution in [0.5, 0.6) is 0 Å². The van der Waals surface area contributed by atoms with E-state index in [-0.39, 0.29) is 0 Å². The Balaban J connectivity index is 2.39. The number of rotatable bonds is 3. The molecule has 0 aliphatic carbocycles. The van der Waals surface area contributed by atoms with Crippen molar-refractivity contribution < 1.29 is 4.74 Å². The third kappa shape index (κ3) is 2.69.